The molecule has 3 aromatic rings. The standard InChI is InChI=1S/C23H18F3N7OS/c1-3-15(34)32-7-10(8-32)33-21-11-4-9(2)16(18(26)19(11)28-6-14(21)30-31-33)17-12(24)5-13(25)22-20(17)29-23(27)35-22/h3-6,10,20,22H,1,7-8H2,2H3,(H2,27,29)/t20-,22?/m0/s1. The van der Waals surface area contributed by atoms with E-state index in [0.29, 0.717) is 35.1 Å². The number of aromatic nitrogens is 4. The van der Waals surface area contributed by atoms with Crippen LogP contribution in [0.3, 0.4) is 0 Å². The molecule has 12 heteroatoms. The van der Waals surface area contributed by atoms with Gasteiger partial charge in [-0.15, -0.1) is 5.10 Å². The SMILES string of the molecule is C=CC(=O)N1CC(n2nnc3cnc4c(F)c(C5=C(F)C=C(F)C6SC(N)=N[C@@H]56)c(C)cc4c32)C1. The zero-order chi connectivity index (χ0) is 24.6. The summed E-state index contributed by atoms with van der Waals surface area (Å²) in [7, 11) is 0. The van der Waals surface area contributed by atoms with E-state index < -0.39 is 28.8 Å². The first-order chi connectivity index (χ1) is 16.8. The highest BCUT2D eigenvalue weighted by atomic mass is 32.2. The molecule has 1 saturated heterocycles. The Morgan fingerprint density at radius 2 is 2.09 bits per heavy atom. The number of thioether (sulfide) groups is 1. The lowest BCUT2D eigenvalue weighted by molar-refractivity contribution is -0.131. The first-order valence-electron chi connectivity index (χ1n) is 10.8. The van der Waals surface area contributed by atoms with Crippen LogP contribution in [0.2, 0.25) is 0 Å². The molecular formula is C23H18F3N7OS. The molecule has 1 unspecified atom stereocenters. The molecule has 6 rings (SSSR count). The fraction of sp³-hybridized carbons (Fsp3) is 0.261. The van der Waals surface area contributed by atoms with Crippen LogP contribution >= 0.6 is 11.8 Å². The van der Waals surface area contributed by atoms with Gasteiger partial charge in [-0.1, -0.05) is 23.6 Å². The number of hydrogen-bond acceptors (Lipinski definition) is 7. The van der Waals surface area contributed by atoms with Crippen LogP contribution in [0.15, 0.2) is 47.6 Å². The summed E-state index contributed by atoms with van der Waals surface area (Å²) in [6.07, 6.45) is 3.42. The minimum Gasteiger partial charge on any atom is -0.378 e. The van der Waals surface area contributed by atoms with Gasteiger partial charge in [0.15, 0.2) is 11.0 Å². The van der Waals surface area contributed by atoms with Crippen LogP contribution in [0, 0.1) is 12.7 Å². The molecule has 4 heterocycles. The van der Waals surface area contributed by atoms with Gasteiger partial charge < -0.3 is 10.6 Å². The predicted molar refractivity (Wildman–Crippen MR) is 127 cm³/mol. The summed E-state index contributed by atoms with van der Waals surface area (Å²) in [5.41, 5.74) is 7.20. The van der Waals surface area contributed by atoms with E-state index in [4.69, 9.17) is 5.73 Å². The number of carbonyl (C=O) groups excluding carboxylic acids is 1. The Balaban J connectivity index is 1.51. The average Bonchev–Trinajstić information content (AvgIpc) is 3.38. The summed E-state index contributed by atoms with van der Waals surface area (Å²) in [5, 5.41) is 8.12. The quantitative estimate of drug-likeness (QED) is 0.557. The lowest BCUT2D eigenvalue weighted by Crippen LogP contribution is -2.50. The third-order valence-electron chi connectivity index (χ3n) is 6.58. The molecule has 0 saturated carbocycles. The van der Waals surface area contributed by atoms with E-state index in [1.807, 2.05) is 0 Å². The molecule has 178 valence electrons. The van der Waals surface area contributed by atoms with E-state index in [2.05, 4.69) is 26.9 Å². The van der Waals surface area contributed by atoms with E-state index in [-0.39, 0.29) is 33.8 Å². The highest BCUT2D eigenvalue weighted by Gasteiger charge is 2.42. The van der Waals surface area contributed by atoms with Gasteiger partial charge in [-0.3, -0.25) is 14.8 Å². The van der Waals surface area contributed by atoms with Crippen LogP contribution in [0.1, 0.15) is 17.2 Å². The summed E-state index contributed by atoms with van der Waals surface area (Å²) >= 11 is 0.986. The van der Waals surface area contributed by atoms with Crippen molar-refractivity contribution in [2.45, 2.75) is 24.3 Å². The third-order valence-corrected chi connectivity index (χ3v) is 7.67. The maximum Gasteiger partial charge on any atom is 0.246 e. The molecule has 0 bridgehead atoms. The van der Waals surface area contributed by atoms with Crippen molar-refractivity contribution in [3.63, 3.8) is 0 Å². The monoisotopic (exact) mass is 497 g/mol. The molecule has 1 aliphatic carbocycles. The van der Waals surface area contributed by atoms with Gasteiger partial charge in [0.25, 0.3) is 0 Å². The van der Waals surface area contributed by atoms with Gasteiger partial charge in [0, 0.05) is 35.7 Å². The Morgan fingerprint density at radius 1 is 1.31 bits per heavy atom. The van der Waals surface area contributed by atoms with Crippen molar-refractivity contribution < 1.29 is 18.0 Å². The van der Waals surface area contributed by atoms with E-state index in [0.717, 1.165) is 17.8 Å². The molecule has 1 amide bonds. The highest BCUT2D eigenvalue weighted by Crippen LogP contribution is 2.46. The number of amides is 1. The number of allylic oxidation sites excluding steroid dienone is 2. The molecule has 0 radical (unpaired) electrons. The molecular weight excluding hydrogens is 479 g/mol. The van der Waals surface area contributed by atoms with Crippen LogP contribution in [0.4, 0.5) is 13.2 Å². The predicted octanol–water partition coefficient (Wildman–Crippen LogP) is 3.34. The summed E-state index contributed by atoms with van der Waals surface area (Å²) in [5.74, 6) is -2.50. The van der Waals surface area contributed by atoms with Crippen molar-refractivity contribution in [2.75, 3.05) is 13.1 Å². The van der Waals surface area contributed by atoms with Crippen molar-refractivity contribution in [3.8, 4) is 0 Å². The normalized spacial score (nSPS) is 22.3. The molecule has 2 aliphatic heterocycles. The number of pyridine rings is 1. The van der Waals surface area contributed by atoms with E-state index >= 15 is 8.78 Å². The number of aliphatic imine (C=N–C) groups is 1. The number of nitrogens with two attached hydrogens (primary N) is 1. The van der Waals surface area contributed by atoms with Gasteiger partial charge in [0.1, 0.15) is 28.2 Å². The molecule has 0 spiro atoms. The summed E-state index contributed by atoms with van der Waals surface area (Å²) in [4.78, 5) is 21.9. The lowest BCUT2D eigenvalue weighted by Gasteiger charge is -2.38. The number of amidine groups is 1. The number of rotatable bonds is 3. The molecule has 8 nitrogen and oxygen atoms in total. The lowest BCUT2D eigenvalue weighted by atomic mass is 9.87. The van der Waals surface area contributed by atoms with Crippen LogP contribution in [0.5, 0.6) is 0 Å². The molecule has 2 aromatic heterocycles. The largest absolute Gasteiger partial charge is 0.378 e. The summed E-state index contributed by atoms with van der Waals surface area (Å²) < 4.78 is 47.2. The topological polar surface area (TPSA) is 102 Å². The van der Waals surface area contributed by atoms with E-state index in [1.165, 1.54) is 12.3 Å². The van der Waals surface area contributed by atoms with Gasteiger partial charge in [-0.2, -0.15) is 0 Å². The molecule has 3 aliphatic rings. The second kappa shape index (κ2) is 7.67. The van der Waals surface area contributed by atoms with Gasteiger partial charge >= 0.3 is 0 Å². The third kappa shape index (κ3) is 3.12. The van der Waals surface area contributed by atoms with Crippen molar-refractivity contribution >= 4 is 50.3 Å². The second-order valence-electron chi connectivity index (χ2n) is 8.65. The highest BCUT2D eigenvalue weighted by molar-refractivity contribution is 8.14. The maximum absolute atomic E-state index is 16.0. The Morgan fingerprint density at radius 3 is 2.83 bits per heavy atom. The average molecular weight is 498 g/mol. The molecule has 2 N–H and O–H groups in total. The van der Waals surface area contributed by atoms with Crippen molar-refractivity contribution in [1.29, 1.82) is 0 Å². The van der Waals surface area contributed by atoms with Gasteiger partial charge in [-0.05, 0) is 24.6 Å². The minimum atomic E-state index is -0.977. The fourth-order valence-electron chi connectivity index (χ4n) is 4.90. The van der Waals surface area contributed by atoms with Crippen LogP contribution in [-0.4, -0.2) is 60.3 Å². The second-order valence-corrected chi connectivity index (χ2v) is 9.81. The smallest absolute Gasteiger partial charge is 0.246 e. The molecule has 35 heavy (non-hydrogen) atoms. The zero-order valence-electron chi connectivity index (χ0n) is 18.4. The number of benzene rings is 1. The van der Waals surface area contributed by atoms with Gasteiger partial charge in [0.2, 0.25) is 5.91 Å². The number of fused-ring (bicyclic) bond motifs is 4. The molecule has 2 atom stereocenters. The Hall–Kier alpha value is -3.67. The Bertz CT molecular complexity index is 1550. The first-order valence-corrected chi connectivity index (χ1v) is 11.7. The number of hydrogen-bond donors (Lipinski definition) is 1. The minimum absolute atomic E-state index is 0.00877. The molecule has 1 aromatic carbocycles. The maximum atomic E-state index is 16.0. The number of aryl methyl sites for hydroxylation is 1. The molecule has 1 fully saturated rings. The van der Waals surface area contributed by atoms with Crippen molar-refractivity contribution in [2.24, 2.45) is 10.7 Å². The number of likely N-dealkylation sites (tertiary alicyclic amines) is 1. The van der Waals surface area contributed by atoms with E-state index in [1.54, 1.807) is 22.6 Å². The Labute approximate surface area is 201 Å². The fourth-order valence-corrected chi connectivity index (χ4v) is 5.84. The Kier molecular flexibility index (Phi) is 4.78. The number of carbonyl (C=O) groups is 1. The first kappa shape index (κ1) is 21.8. The summed E-state index contributed by atoms with van der Waals surface area (Å²) in [6.45, 7) is 5.98. The van der Waals surface area contributed by atoms with Crippen molar-refractivity contribution in [1.82, 2.24) is 24.9 Å². The van der Waals surface area contributed by atoms with Crippen LogP contribution in [0.25, 0.3) is 27.5 Å². The zero-order valence-corrected chi connectivity index (χ0v) is 19.2. The van der Waals surface area contributed by atoms with Crippen molar-refractivity contribution in [3.05, 3.63) is 59.6 Å². The van der Waals surface area contributed by atoms with Crippen LogP contribution in [-0.2, 0) is 4.79 Å². The van der Waals surface area contributed by atoms with Gasteiger partial charge in [-0.25, -0.2) is 17.9 Å². The van der Waals surface area contributed by atoms with E-state index in [9.17, 15) is 9.18 Å². The number of nitrogens with zero attached hydrogens (tertiary/aromatic N) is 6. The number of halogens is 3. The van der Waals surface area contributed by atoms with Crippen LogP contribution < -0.4 is 5.73 Å². The van der Waals surface area contributed by atoms with Gasteiger partial charge in [0.05, 0.1) is 23.5 Å². The summed E-state index contributed by atoms with van der Waals surface area (Å²) in [6, 6.07) is 0.584.